The summed E-state index contributed by atoms with van der Waals surface area (Å²) in [4.78, 5) is -0.400. The second kappa shape index (κ2) is 2.51. The molecule has 50 valence electrons. The molecule has 0 bridgehead atoms. The van der Waals surface area contributed by atoms with Crippen molar-refractivity contribution in [1.82, 2.24) is 0 Å². The van der Waals surface area contributed by atoms with Crippen LogP contribution in [0.1, 0.15) is 0 Å². The van der Waals surface area contributed by atoms with Crippen LogP contribution in [0.2, 0.25) is 0 Å². The first-order valence-corrected chi connectivity index (χ1v) is 3.93. The van der Waals surface area contributed by atoms with Gasteiger partial charge in [0.15, 0.2) is 14.7 Å². The Bertz CT molecular complexity index is 257. The summed E-state index contributed by atoms with van der Waals surface area (Å²) in [6.45, 7) is 0. The van der Waals surface area contributed by atoms with E-state index < -0.39 is 14.7 Å². The zero-order valence-corrected chi connectivity index (χ0v) is 5.64. The van der Waals surface area contributed by atoms with Crippen molar-refractivity contribution in [2.24, 2.45) is 5.73 Å². The van der Waals surface area contributed by atoms with E-state index in [0.717, 1.165) is 12.5 Å². The molecule has 0 saturated carbocycles. The van der Waals surface area contributed by atoms with Gasteiger partial charge in [0, 0.05) is 12.5 Å². The molecule has 0 aliphatic carbocycles. The van der Waals surface area contributed by atoms with Crippen molar-refractivity contribution in [3.63, 3.8) is 0 Å². The van der Waals surface area contributed by atoms with Gasteiger partial charge in [0.2, 0.25) is 0 Å². The molecule has 0 aliphatic rings. The van der Waals surface area contributed by atoms with Gasteiger partial charge in [0.1, 0.15) is 6.07 Å². The van der Waals surface area contributed by atoms with E-state index in [2.05, 4.69) is 0 Å². The van der Waals surface area contributed by atoms with Crippen molar-refractivity contribution in [1.29, 1.82) is 5.26 Å². The van der Waals surface area contributed by atoms with Crippen molar-refractivity contribution in [2.45, 2.75) is 0 Å². The van der Waals surface area contributed by atoms with Crippen LogP contribution >= 0.6 is 0 Å². The summed E-state index contributed by atoms with van der Waals surface area (Å²) in [5.41, 5.74) is 4.81. The van der Waals surface area contributed by atoms with Crippen LogP contribution in [0.15, 0.2) is 11.1 Å². The number of sulfone groups is 1. The lowest BCUT2D eigenvalue weighted by molar-refractivity contribution is 0.608. The van der Waals surface area contributed by atoms with Gasteiger partial charge in [0.25, 0.3) is 0 Å². The second-order valence-corrected chi connectivity index (χ2v) is 3.40. The highest BCUT2D eigenvalue weighted by Crippen LogP contribution is 1.98. The fraction of sp³-hybridized carbons (Fsp3) is 0.250. The predicted molar refractivity (Wildman–Crippen MR) is 32.7 cm³/mol. The summed E-state index contributed by atoms with van der Waals surface area (Å²) in [5.74, 6) is 0. The Morgan fingerprint density at radius 3 is 2.22 bits per heavy atom. The molecule has 0 rings (SSSR count). The van der Waals surface area contributed by atoms with Crippen molar-refractivity contribution < 1.29 is 8.42 Å². The predicted octanol–water partition coefficient (Wildman–Crippen LogP) is -0.645. The molecule has 0 heterocycles. The molecular weight excluding hydrogens is 140 g/mol. The highest BCUT2D eigenvalue weighted by molar-refractivity contribution is 7.94. The average molecular weight is 146 g/mol. The fourth-order valence-electron chi connectivity index (χ4n) is 0.244. The van der Waals surface area contributed by atoms with E-state index in [1.807, 2.05) is 0 Å². The molecule has 0 aromatic rings. The van der Waals surface area contributed by atoms with Crippen LogP contribution in [0, 0.1) is 11.3 Å². The number of nitrogens with zero attached hydrogens (tertiary/aromatic N) is 1. The van der Waals surface area contributed by atoms with Gasteiger partial charge in [-0.2, -0.15) is 5.26 Å². The van der Waals surface area contributed by atoms with Crippen LogP contribution < -0.4 is 5.73 Å². The Balaban J connectivity index is 4.85. The number of nitriles is 1. The molecule has 0 aliphatic heterocycles. The van der Waals surface area contributed by atoms with E-state index in [1.54, 1.807) is 0 Å². The zero-order chi connectivity index (χ0) is 7.49. The minimum absolute atomic E-state index is 0.400. The molecule has 0 radical (unpaired) electrons. The number of nitrogens with two attached hydrogens (primary N) is 1. The Labute approximate surface area is 53.5 Å². The Morgan fingerprint density at radius 1 is 1.78 bits per heavy atom. The third-order valence-corrected chi connectivity index (χ3v) is 1.69. The van der Waals surface area contributed by atoms with Crippen molar-refractivity contribution >= 4 is 9.84 Å². The third kappa shape index (κ3) is 2.15. The van der Waals surface area contributed by atoms with Crippen LogP contribution in [-0.2, 0) is 9.84 Å². The highest BCUT2D eigenvalue weighted by atomic mass is 32.2. The van der Waals surface area contributed by atoms with E-state index in [4.69, 9.17) is 11.0 Å². The normalized spacial score (nSPS) is 12.7. The lowest BCUT2D eigenvalue weighted by Crippen LogP contribution is -2.00. The lowest BCUT2D eigenvalue weighted by atomic mass is 10.7. The lowest BCUT2D eigenvalue weighted by Gasteiger charge is -1.87. The number of rotatable bonds is 1. The van der Waals surface area contributed by atoms with E-state index in [1.165, 1.54) is 6.07 Å². The van der Waals surface area contributed by atoms with Gasteiger partial charge >= 0.3 is 0 Å². The zero-order valence-electron chi connectivity index (χ0n) is 4.83. The molecule has 9 heavy (non-hydrogen) atoms. The molecule has 0 atom stereocenters. The van der Waals surface area contributed by atoms with Gasteiger partial charge in [-0.15, -0.1) is 0 Å². The molecular formula is C4H6N2O2S. The summed E-state index contributed by atoms with van der Waals surface area (Å²) in [6, 6.07) is 1.44. The van der Waals surface area contributed by atoms with E-state index in [0.29, 0.717) is 0 Å². The fourth-order valence-corrected chi connectivity index (χ4v) is 0.657. The molecule has 0 saturated heterocycles. The monoisotopic (exact) mass is 146 g/mol. The van der Waals surface area contributed by atoms with Crippen LogP contribution in [0.25, 0.3) is 0 Å². The van der Waals surface area contributed by atoms with Gasteiger partial charge < -0.3 is 5.73 Å². The van der Waals surface area contributed by atoms with Gasteiger partial charge in [-0.05, 0) is 0 Å². The van der Waals surface area contributed by atoms with E-state index in [-0.39, 0.29) is 0 Å². The largest absolute Gasteiger partial charge is 0.403 e. The Kier molecular flexibility index (Phi) is 2.22. The van der Waals surface area contributed by atoms with Gasteiger partial charge in [-0.1, -0.05) is 0 Å². The summed E-state index contributed by atoms with van der Waals surface area (Å²) in [6.07, 6.45) is 1.70. The van der Waals surface area contributed by atoms with E-state index >= 15 is 0 Å². The molecule has 0 aromatic heterocycles. The molecule has 4 nitrogen and oxygen atoms in total. The standard InChI is InChI=1S/C4H6N2O2S/c1-9(7,8)4(2-5)3-6/h2H,5H2,1H3. The Morgan fingerprint density at radius 2 is 2.22 bits per heavy atom. The minimum Gasteiger partial charge on any atom is -0.403 e. The average Bonchev–Trinajstić information content (AvgIpc) is 1.65. The van der Waals surface area contributed by atoms with E-state index in [9.17, 15) is 8.42 Å². The van der Waals surface area contributed by atoms with Crippen LogP contribution in [0.3, 0.4) is 0 Å². The molecule has 0 fully saturated rings. The number of hydrogen-bond acceptors (Lipinski definition) is 4. The first kappa shape index (κ1) is 7.98. The smallest absolute Gasteiger partial charge is 0.186 e. The molecule has 0 spiro atoms. The second-order valence-electron chi connectivity index (χ2n) is 1.41. The van der Waals surface area contributed by atoms with Crippen LogP contribution in [-0.4, -0.2) is 14.7 Å². The first-order chi connectivity index (χ1) is 4.02. The van der Waals surface area contributed by atoms with Crippen molar-refractivity contribution in [2.75, 3.05) is 6.26 Å². The van der Waals surface area contributed by atoms with Crippen molar-refractivity contribution in [3.8, 4) is 6.07 Å². The summed E-state index contributed by atoms with van der Waals surface area (Å²) >= 11 is 0. The minimum atomic E-state index is -3.39. The van der Waals surface area contributed by atoms with Gasteiger partial charge in [0.05, 0.1) is 0 Å². The molecule has 5 heteroatoms. The maximum Gasteiger partial charge on any atom is 0.186 e. The first-order valence-electron chi connectivity index (χ1n) is 2.04. The van der Waals surface area contributed by atoms with Crippen LogP contribution in [0.5, 0.6) is 0 Å². The number of hydrogen-bond donors (Lipinski definition) is 1. The summed E-state index contributed by atoms with van der Waals surface area (Å²) < 4.78 is 20.8. The molecule has 0 unspecified atom stereocenters. The Hall–Kier alpha value is -1.02. The highest BCUT2D eigenvalue weighted by Gasteiger charge is 2.07. The third-order valence-electron chi connectivity index (χ3n) is 0.661. The maximum atomic E-state index is 10.4. The molecule has 2 N–H and O–H groups in total. The molecule has 0 amide bonds. The van der Waals surface area contributed by atoms with Crippen molar-refractivity contribution in [3.05, 3.63) is 11.1 Å². The quantitative estimate of drug-likeness (QED) is 0.498. The SMILES string of the molecule is CS(=O)(=O)C(C#N)=CN. The van der Waals surface area contributed by atoms with Gasteiger partial charge in [-0.25, -0.2) is 8.42 Å². The van der Waals surface area contributed by atoms with Gasteiger partial charge in [-0.3, -0.25) is 0 Å². The molecule has 0 aromatic carbocycles. The van der Waals surface area contributed by atoms with Crippen LogP contribution in [0.4, 0.5) is 0 Å². The maximum absolute atomic E-state index is 10.4. The topological polar surface area (TPSA) is 84.0 Å². The summed E-state index contributed by atoms with van der Waals surface area (Å²) in [7, 11) is -3.39. The summed E-state index contributed by atoms with van der Waals surface area (Å²) in [5, 5.41) is 8.08. The number of allylic oxidation sites excluding steroid dienone is 1.